The Hall–Kier alpha value is -1.95. The zero-order chi connectivity index (χ0) is 15.8. The molecule has 0 saturated carbocycles. The molecule has 1 fully saturated rings. The summed E-state index contributed by atoms with van der Waals surface area (Å²) in [4.78, 5) is 29.7. The molecule has 1 aliphatic rings. The summed E-state index contributed by atoms with van der Waals surface area (Å²) < 4.78 is 4.93. The van der Waals surface area contributed by atoms with Crippen molar-refractivity contribution in [2.24, 2.45) is 5.92 Å². The normalized spacial score (nSPS) is 15.6. The molecule has 1 aliphatic heterocycles. The third kappa shape index (κ3) is 4.80. The summed E-state index contributed by atoms with van der Waals surface area (Å²) in [6, 6.07) is 3.50. The number of nitrogens with zero attached hydrogens (tertiary/aromatic N) is 2. The van der Waals surface area contributed by atoms with E-state index in [1.165, 1.54) is 0 Å². The molecule has 0 bridgehead atoms. The number of hydrogen-bond acceptors (Lipinski definition) is 4. The van der Waals surface area contributed by atoms with E-state index in [1.807, 2.05) is 4.90 Å². The number of rotatable bonds is 6. The molecule has 0 aromatic carbocycles. The van der Waals surface area contributed by atoms with Crippen molar-refractivity contribution in [3.8, 4) is 0 Å². The third-order valence-electron chi connectivity index (χ3n) is 3.96. The number of amides is 2. The van der Waals surface area contributed by atoms with E-state index in [0.29, 0.717) is 31.1 Å². The smallest absolute Gasteiger partial charge is 0.252 e. The summed E-state index contributed by atoms with van der Waals surface area (Å²) in [5.74, 6) is 0.485. The van der Waals surface area contributed by atoms with Gasteiger partial charge in [-0.25, -0.2) is 0 Å². The van der Waals surface area contributed by atoms with Gasteiger partial charge in [0.05, 0.1) is 18.6 Å². The fourth-order valence-corrected chi connectivity index (χ4v) is 2.57. The van der Waals surface area contributed by atoms with Crippen molar-refractivity contribution in [2.75, 3.05) is 33.4 Å². The van der Waals surface area contributed by atoms with E-state index >= 15 is 0 Å². The number of carbonyl (C=O) groups excluding carboxylic acids is 2. The van der Waals surface area contributed by atoms with Crippen molar-refractivity contribution >= 4 is 11.8 Å². The molecule has 2 rings (SSSR count). The van der Waals surface area contributed by atoms with E-state index in [0.717, 1.165) is 25.9 Å². The Morgan fingerprint density at radius 1 is 1.41 bits per heavy atom. The Labute approximate surface area is 130 Å². The molecule has 1 aromatic rings. The van der Waals surface area contributed by atoms with E-state index in [9.17, 15) is 9.59 Å². The zero-order valence-electron chi connectivity index (χ0n) is 13.0. The van der Waals surface area contributed by atoms with Crippen molar-refractivity contribution in [2.45, 2.75) is 19.3 Å². The molecule has 0 spiro atoms. The molecule has 22 heavy (non-hydrogen) atoms. The fraction of sp³-hybridized carbons (Fsp3) is 0.562. The minimum atomic E-state index is -0.0910. The quantitative estimate of drug-likeness (QED) is 0.854. The maximum atomic E-state index is 11.9. The van der Waals surface area contributed by atoms with Crippen LogP contribution in [0.2, 0.25) is 0 Å². The van der Waals surface area contributed by atoms with Crippen LogP contribution >= 0.6 is 0 Å². The first-order valence-corrected chi connectivity index (χ1v) is 7.65. The summed E-state index contributed by atoms with van der Waals surface area (Å²) in [5, 5.41) is 2.94. The topological polar surface area (TPSA) is 71.5 Å². The molecule has 6 heteroatoms. The third-order valence-corrected chi connectivity index (χ3v) is 3.96. The average Bonchev–Trinajstić information content (AvgIpc) is 2.58. The SMILES string of the molecule is COCCC(=O)N1CCC(CNC(=O)c2cccnc2)CC1. The second-order valence-corrected chi connectivity index (χ2v) is 5.52. The van der Waals surface area contributed by atoms with Gasteiger partial charge in [0.25, 0.3) is 5.91 Å². The number of likely N-dealkylation sites (tertiary alicyclic amines) is 1. The highest BCUT2D eigenvalue weighted by molar-refractivity contribution is 5.93. The van der Waals surface area contributed by atoms with E-state index in [-0.39, 0.29) is 11.8 Å². The van der Waals surface area contributed by atoms with Crippen LogP contribution in [0.5, 0.6) is 0 Å². The molecule has 2 heterocycles. The molecule has 6 nitrogen and oxygen atoms in total. The Morgan fingerprint density at radius 2 is 2.18 bits per heavy atom. The number of piperidine rings is 1. The number of ether oxygens (including phenoxy) is 1. The van der Waals surface area contributed by atoms with Gasteiger partial charge in [0.2, 0.25) is 5.91 Å². The van der Waals surface area contributed by atoms with E-state index in [4.69, 9.17) is 4.74 Å². The van der Waals surface area contributed by atoms with Gasteiger partial charge in [0.15, 0.2) is 0 Å². The second-order valence-electron chi connectivity index (χ2n) is 5.52. The van der Waals surface area contributed by atoms with Crippen molar-refractivity contribution in [3.05, 3.63) is 30.1 Å². The van der Waals surface area contributed by atoms with E-state index in [1.54, 1.807) is 31.6 Å². The van der Waals surface area contributed by atoms with Gasteiger partial charge in [-0.1, -0.05) is 0 Å². The fourth-order valence-electron chi connectivity index (χ4n) is 2.57. The molecule has 1 N–H and O–H groups in total. The highest BCUT2D eigenvalue weighted by Gasteiger charge is 2.22. The zero-order valence-corrected chi connectivity index (χ0v) is 13.0. The van der Waals surface area contributed by atoms with Crippen molar-refractivity contribution < 1.29 is 14.3 Å². The standard InChI is InChI=1S/C16H23N3O3/c1-22-10-6-15(20)19-8-4-13(5-9-19)11-18-16(21)14-3-2-7-17-12-14/h2-3,7,12-13H,4-6,8-11H2,1H3,(H,18,21). The first-order valence-electron chi connectivity index (χ1n) is 7.65. The van der Waals surface area contributed by atoms with Gasteiger partial charge in [0.1, 0.15) is 0 Å². The lowest BCUT2D eigenvalue weighted by molar-refractivity contribution is -0.133. The largest absolute Gasteiger partial charge is 0.384 e. The number of aromatic nitrogens is 1. The maximum Gasteiger partial charge on any atom is 0.252 e. The van der Waals surface area contributed by atoms with Crippen LogP contribution in [0.4, 0.5) is 0 Å². The lowest BCUT2D eigenvalue weighted by atomic mass is 9.96. The monoisotopic (exact) mass is 305 g/mol. The highest BCUT2D eigenvalue weighted by Crippen LogP contribution is 2.17. The molecule has 1 saturated heterocycles. The first kappa shape index (κ1) is 16.4. The second kappa shape index (κ2) is 8.48. The van der Waals surface area contributed by atoms with Gasteiger partial charge < -0.3 is 15.0 Å². The summed E-state index contributed by atoms with van der Waals surface area (Å²) in [7, 11) is 1.60. The molecular formula is C16H23N3O3. The minimum Gasteiger partial charge on any atom is -0.384 e. The van der Waals surface area contributed by atoms with Crippen LogP contribution in [0.15, 0.2) is 24.5 Å². The summed E-state index contributed by atoms with van der Waals surface area (Å²) in [5.41, 5.74) is 0.578. The van der Waals surface area contributed by atoms with Gasteiger partial charge in [-0.05, 0) is 30.9 Å². The van der Waals surface area contributed by atoms with E-state index in [2.05, 4.69) is 10.3 Å². The Kier molecular flexibility index (Phi) is 6.33. The van der Waals surface area contributed by atoms with Gasteiger partial charge in [-0.15, -0.1) is 0 Å². The van der Waals surface area contributed by atoms with Crippen LogP contribution in [0, 0.1) is 5.92 Å². The first-order chi connectivity index (χ1) is 10.7. The van der Waals surface area contributed by atoms with Crippen LogP contribution in [0.3, 0.4) is 0 Å². The van der Waals surface area contributed by atoms with Crippen LogP contribution < -0.4 is 5.32 Å². The molecule has 0 atom stereocenters. The van der Waals surface area contributed by atoms with Crippen molar-refractivity contribution in [1.29, 1.82) is 0 Å². The van der Waals surface area contributed by atoms with Crippen molar-refractivity contribution in [1.82, 2.24) is 15.2 Å². The Morgan fingerprint density at radius 3 is 2.82 bits per heavy atom. The molecule has 0 radical (unpaired) electrons. The lowest BCUT2D eigenvalue weighted by Crippen LogP contribution is -2.41. The summed E-state index contributed by atoms with van der Waals surface area (Å²) >= 11 is 0. The number of methoxy groups -OCH3 is 1. The minimum absolute atomic E-state index is 0.0910. The number of pyridine rings is 1. The van der Waals surface area contributed by atoms with Gasteiger partial charge in [-0.2, -0.15) is 0 Å². The Balaban J connectivity index is 1.69. The highest BCUT2D eigenvalue weighted by atomic mass is 16.5. The molecule has 0 aliphatic carbocycles. The van der Waals surface area contributed by atoms with E-state index < -0.39 is 0 Å². The van der Waals surface area contributed by atoms with Gasteiger partial charge in [-0.3, -0.25) is 14.6 Å². The number of hydrogen-bond donors (Lipinski definition) is 1. The molecule has 2 amide bonds. The Bertz CT molecular complexity index is 485. The maximum absolute atomic E-state index is 11.9. The van der Waals surface area contributed by atoms with Crippen LogP contribution in [0.25, 0.3) is 0 Å². The number of nitrogens with one attached hydrogen (secondary N) is 1. The lowest BCUT2D eigenvalue weighted by Gasteiger charge is -2.32. The molecule has 120 valence electrons. The van der Waals surface area contributed by atoms with Crippen LogP contribution in [-0.2, 0) is 9.53 Å². The van der Waals surface area contributed by atoms with Crippen LogP contribution in [-0.4, -0.2) is 55.0 Å². The summed E-state index contributed by atoms with van der Waals surface area (Å²) in [6.07, 6.45) is 5.50. The number of carbonyl (C=O) groups is 2. The molecule has 1 aromatic heterocycles. The average molecular weight is 305 g/mol. The van der Waals surface area contributed by atoms with Gasteiger partial charge in [0, 0.05) is 39.1 Å². The van der Waals surface area contributed by atoms with Crippen LogP contribution in [0.1, 0.15) is 29.6 Å². The molecule has 0 unspecified atom stereocenters. The predicted molar refractivity (Wildman–Crippen MR) is 82.4 cm³/mol. The molecular weight excluding hydrogens is 282 g/mol. The predicted octanol–water partition coefficient (Wildman–Crippen LogP) is 1.09. The summed E-state index contributed by atoms with van der Waals surface area (Å²) in [6.45, 7) is 2.64. The van der Waals surface area contributed by atoms with Gasteiger partial charge >= 0.3 is 0 Å². The van der Waals surface area contributed by atoms with Crippen molar-refractivity contribution in [3.63, 3.8) is 0 Å².